The number of rotatable bonds is 8. The standard InChI is InChI=1S/C15H21NO4/c1-3-4-9-20-14-7-5-12(6-8-14)13(11-16-18)10-15(17)19-2/h5-8,11,13,18H,3-4,9-10H2,1-2H3/b16-11-/t13-/m1/s1. The zero-order chi connectivity index (χ0) is 14.8. The van der Waals surface area contributed by atoms with Crippen LogP contribution in [0, 0.1) is 0 Å². The quantitative estimate of drug-likeness (QED) is 0.261. The lowest BCUT2D eigenvalue weighted by Gasteiger charge is -2.12. The molecule has 0 aromatic heterocycles. The largest absolute Gasteiger partial charge is 0.494 e. The number of esters is 1. The normalized spacial score (nSPS) is 12.3. The van der Waals surface area contributed by atoms with E-state index in [9.17, 15) is 4.79 Å². The summed E-state index contributed by atoms with van der Waals surface area (Å²) in [5.41, 5.74) is 0.871. The molecule has 1 atom stereocenters. The first-order chi connectivity index (χ1) is 9.71. The van der Waals surface area contributed by atoms with Gasteiger partial charge in [-0.1, -0.05) is 25.5 Å². The minimum Gasteiger partial charge on any atom is -0.494 e. The minimum absolute atomic E-state index is 0.136. The van der Waals surface area contributed by atoms with E-state index in [1.165, 1.54) is 13.3 Å². The van der Waals surface area contributed by atoms with Crippen LogP contribution >= 0.6 is 0 Å². The van der Waals surface area contributed by atoms with Crippen molar-refractivity contribution in [2.45, 2.75) is 32.1 Å². The number of methoxy groups -OCH3 is 1. The van der Waals surface area contributed by atoms with Crippen molar-refractivity contribution in [3.8, 4) is 5.75 Å². The Morgan fingerprint density at radius 1 is 1.40 bits per heavy atom. The van der Waals surface area contributed by atoms with E-state index in [2.05, 4.69) is 16.8 Å². The third-order valence-electron chi connectivity index (χ3n) is 2.94. The number of ether oxygens (including phenoxy) is 2. The maximum Gasteiger partial charge on any atom is 0.306 e. The van der Waals surface area contributed by atoms with Gasteiger partial charge in [-0.15, -0.1) is 5.16 Å². The Hall–Kier alpha value is -2.04. The number of oxime groups is 1. The molecule has 0 unspecified atom stereocenters. The summed E-state index contributed by atoms with van der Waals surface area (Å²) < 4.78 is 10.2. The zero-order valence-electron chi connectivity index (χ0n) is 11.9. The van der Waals surface area contributed by atoms with Crippen LogP contribution in [0.25, 0.3) is 0 Å². The van der Waals surface area contributed by atoms with Crippen molar-refractivity contribution in [1.29, 1.82) is 0 Å². The summed E-state index contributed by atoms with van der Waals surface area (Å²) in [7, 11) is 1.33. The van der Waals surface area contributed by atoms with Crippen molar-refractivity contribution < 1.29 is 19.5 Å². The molecule has 0 aliphatic rings. The fraction of sp³-hybridized carbons (Fsp3) is 0.467. The highest BCUT2D eigenvalue weighted by atomic mass is 16.5. The number of nitrogens with zero attached hydrogens (tertiary/aromatic N) is 1. The maximum absolute atomic E-state index is 11.3. The number of carbonyl (C=O) groups is 1. The van der Waals surface area contributed by atoms with Gasteiger partial charge in [0.05, 0.1) is 26.4 Å². The molecule has 1 rings (SSSR count). The molecule has 110 valence electrons. The molecule has 0 bridgehead atoms. The van der Waals surface area contributed by atoms with Crippen molar-refractivity contribution in [2.24, 2.45) is 5.16 Å². The molecule has 0 spiro atoms. The van der Waals surface area contributed by atoms with E-state index in [-0.39, 0.29) is 18.3 Å². The molecule has 0 heterocycles. The van der Waals surface area contributed by atoms with Gasteiger partial charge in [-0.2, -0.15) is 0 Å². The Kier molecular flexibility index (Phi) is 7.17. The molecule has 0 radical (unpaired) electrons. The van der Waals surface area contributed by atoms with Gasteiger partial charge in [-0.25, -0.2) is 0 Å². The van der Waals surface area contributed by atoms with E-state index in [1.807, 2.05) is 24.3 Å². The molecule has 1 aromatic rings. The number of hydrogen-bond acceptors (Lipinski definition) is 5. The van der Waals surface area contributed by atoms with Crippen molar-refractivity contribution >= 4 is 12.2 Å². The van der Waals surface area contributed by atoms with Gasteiger partial charge in [-0.05, 0) is 24.1 Å². The SMILES string of the molecule is CCCCOc1ccc([C@@H](/C=N\O)CC(=O)OC)cc1. The molecule has 5 nitrogen and oxygen atoms in total. The maximum atomic E-state index is 11.3. The zero-order valence-corrected chi connectivity index (χ0v) is 11.9. The lowest BCUT2D eigenvalue weighted by Crippen LogP contribution is -2.10. The fourth-order valence-corrected chi connectivity index (χ4v) is 1.75. The van der Waals surface area contributed by atoms with E-state index in [4.69, 9.17) is 9.94 Å². The molecule has 0 fully saturated rings. The summed E-state index contributed by atoms with van der Waals surface area (Å²) in [5, 5.41) is 11.7. The average molecular weight is 279 g/mol. The highest BCUT2D eigenvalue weighted by Gasteiger charge is 2.15. The summed E-state index contributed by atoms with van der Waals surface area (Å²) in [4.78, 5) is 11.3. The van der Waals surface area contributed by atoms with Crippen LogP contribution in [0.2, 0.25) is 0 Å². The topological polar surface area (TPSA) is 68.1 Å². The summed E-state index contributed by atoms with van der Waals surface area (Å²) >= 11 is 0. The Morgan fingerprint density at radius 2 is 2.10 bits per heavy atom. The first-order valence-corrected chi connectivity index (χ1v) is 6.68. The van der Waals surface area contributed by atoms with Gasteiger partial charge in [0.2, 0.25) is 0 Å². The van der Waals surface area contributed by atoms with Crippen LogP contribution in [-0.2, 0) is 9.53 Å². The monoisotopic (exact) mass is 279 g/mol. The molecule has 20 heavy (non-hydrogen) atoms. The van der Waals surface area contributed by atoms with E-state index in [0.29, 0.717) is 6.61 Å². The van der Waals surface area contributed by atoms with Crippen molar-refractivity contribution in [1.82, 2.24) is 0 Å². The number of unbranched alkanes of at least 4 members (excludes halogenated alkanes) is 1. The Morgan fingerprint density at radius 3 is 2.65 bits per heavy atom. The molecule has 0 aliphatic carbocycles. The molecular formula is C15H21NO4. The molecule has 0 amide bonds. The van der Waals surface area contributed by atoms with Gasteiger partial charge in [0.1, 0.15) is 5.75 Å². The molecular weight excluding hydrogens is 258 g/mol. The van der Waals surface area contributed by atoms with Gasteiger partial charge in [-0.3, -0.25) is 4.79 Å². The van der Waals surface area contributed by atoms with Crippen molar-refractivity contribution in [2.75, 3.05) is 13.7 Å². The fourth-order valence-electron chi connectivity index (χ4n) is 1.75. The molecule has 1 N–H and O–H groups in total. The Balaban J connectivity index is 2.69. The highest BCUT2D eigenvalue weighted by Crippen LogP contribution is 2.21. The van der Waals surface area contributed by atoms with E-state index in [1.54, 1.807) is 0 Å². The third-order valence-corrected chi connectivity index (χ3v) is 2.94. The van der Waals surface area contributed by atoms with Gasteiger partial charge < -0.3 is 14.7 Å². The molecule has 1 aromatic carbocycles. The van der Waals surface area contributed by atoms with E-state index >= 15 is 0 Å². The Labute approximate surface area is 119 Å². The van der Waals surface area contributed by atoms with Crippen LogP contribution in [0.1, 0.15) is 37.7 Å². The first kappa shape index (κ1) is 16.0. The molecule has 0 saturated heterocycles. The van der Waals surface area contributed by atoms with Crippen LogP contribution in [0.3, 0.4) is 0 Å². The second kappa shape index (κ2) is 8.96. The van der Waals surface area contributed by atoms with Gasteiger partial charge in [0, 0.05) is 5.92 Å². The van der Waals surface area contributed by atoms with Crippen LogP contribution in [-0.4, -0.2) is 31.1 Å². The summed E-state index contributed by atoms with van der Waals surface area (Å²) in [5.74, 6) is 0.135. The summed E-state index contributed by atoms with van der Waals surface area (Å²) in [6.07, 6.45) is 3.57. The number of carbonyl (C=O) groups excluding carboxylic acids is 1. The third kappa shape index (κ3) is 5.30. The average Bonchev–Trinajstić information content (AvgIpc) is 2.47. The van der Waals surface area contributed by atoms with Crippen LogP contribution in [0.15, 0.2) is 29.4 Å². The first-order valence-electron chi connectivity index (χ1n) is 6.68. The Bertz CT molecular complexity index is 428. The predicted molar refractivity (Wildman–Crippen MR) is 76.5 cm³/mol. The van der Waals surface area contributed by atoms with Crippen LogP contribution in [0.5, 0.6) is 5.75 Å². The predicted octanol–water partition coefficient (Wildman–Crippen LogP) is 2.97. The lowest BCUT2D eigenvalue weighted by molar-refractivity contribution is -0.140. The smallest absolute Gasteiger partial charge is 0.306 e. The second-order valence-corrected chi connectivity index (χ2v) is 4.42. The van der Waals surface area contributed by atoms with Gasteiger partial charge >= 0.3 is 5.97 Å². The number of benzene rings is 1. The van der Waals surface area contributed by atoms with Crippen LogP contribution in [0.4, 0.5) is 0 Å². The van der Waals surface area contributed by atoms with Gasteiger partial charge in [0.25, 0.3) is 0 Å². The van der Waals surface area contributed by atoms with Crippen molar-refractivity contribution in [3.05, 3.63) is 29.8 Å². The molecule has 0 saturated carbocycles. The van der Waals surface area contributed by atoms with Crippen LogP contribution < -0.4 is 4.74 Å². The van der Waals surface area contributed by atoms with Gasteiger partial charge in [0.15, 0.2) is 0 Å². The lowest BCUT2D eigenvalue weighted by atomic mass is 9.97. The molecule has 0 aliphatic heterocycles. The molecule has 5 heteroatoms. The highest BCUT2D eigenvalue weighted by molar-refractivity contribution is 5.78. The van der Waals surface area contributed by atoms with E-state index < -0.39 is 0 Å². The minimum atomic E-state index is -0.349. The summed E-state index contributed by atoms with van der Waals surface area (Å²) in [6, 6.07) is 7.41. The summed E-state index contributed by atoms with van der Waals surface area (Å²) in [6.45, 7) is 2.80. The second-order valence-electron chi connectivity index (χ2n) is 4.42. The van der Waals surface area contributed by atoms with E-state index in [0.717, 1.165) is 24.2 Å². The number of hydrogen-bond donors (Lipinski definition) is 1. The van der Waals surface area contributed by atoms with Crippen molar-refractivity contribution in [3.63, 3.8) is 0 Å².